The van der Waals surface area contributed by atoms with Gasteiger partial charge in [0, 0.05) is 24.9 Å². The fraction of sp³-hybridized carbons (Fsp3) is 0.739. The highest BCUT2D eigenvalue weighted by Gasteiger charge is 2.36. The first-order valence-electron chi connectivity index (χ1n) is 11.1. The Hall–Kier alpha value is -1.95. The number of esters is 3. The van der Waals surface area contributed by atoms with Crippen LogP contribution in [0, 0.1) is 5.92 Å². The molecule has 196 valence electrons. The van der Waals surface area contributed by atoms with E-state index in [9.17, 15) is 19.2 Å². The Balaban J connectivity index is 4.60. The molecule has 2 unspecified atom stereocenters. The van der Waals surface area contributed by atoms with Crippen LogP contribution in [0.15, 0.2) is 11.6 Å². The van der Waals surface area contributed by atoms with Gasteiger partial charge in [-0.05, 0) is 19.6 Å². The van der Waals surface area contributed by atoms with Gasteiger partial charge in [0.2, 0.25) is 6.79 Å². The van der Waals surface area contributed by atoms with Crippen molar-refractivity contribution < 1.29 is 47.6 Å². The summed E-state index contributed by atoms with van der Waals surface area (Å²) in [6, 6.07) is 0. The third kappa shape index (κ3) is 13.7. The molecule has 0 aromatic carbocycles. The van der Waals surface area contributed by atoms with E-state index in [0.29, 0.717) is 44.0 Å². The van der Waals surface area contributed by atoms with Crippen molar-refractivity contribution in [2.45, 2.75) is 45.6 Å². The molecule has 0 aliphatic carbocycles. The molecule has 0 aliphatic rings. The number of hydrogen-bond donors (Lipinski definition) is 0. The summed E-state index contributed by atoms with van der Waals surface area (Å²) in [5.41, 5.74) is -1.38. The van der Waals surface area contributed by atoms with Gasteiger partial charge in [-0.15, -0.1) is 0 Å². The Morgan fingerprint density at radius 3 is 2.24 bits per heavy atom. The summed E-state index contributed by atoms with van der Waals surface area (Å²) in [5, 5.41) is 0. The zero-order valence-corrected chi connectivity index (χ0v) is 21.6. The Morgan fingerprint density at radius 2 is 1.68 bits per heavy atom. The molecule has 0 saturated carbocycles. The second-order valence-corrected chi connectivity index (χ2v) is 8.25. The third-order valence-corrected chi connectivity index (χ3v) is 5.56. The number of hydrogen-bond acceptors (Lipinski definition) is 11. The van der Waals surface area contributed by atoms with Gasteiger partial charge < -0.3 is 28.4 Å². The van der Waals surface area contributed by atoms with Crippen molar-refractivity contribution in [3.05, 3.63) is 11.6 Å². The molecule has 0 aliphatic heterocycles. The molecule has 0 spiro atoms. The molecule has 0 N–H and O–H groups in total. The van der Waals surface area contributed by atoms with Crippen LogP contribution in [0.3, 0.4) is 0 Å². The van der Waals surface area contributed by atoms with Crippen molar-refractivity contribution in [2.75, 3.05) is 58.9 Å². The van der Waals surface area contributed by atoms with Crippen molar-refractivity contribution in [1.82, 2.24) is 0 Å². The number of carbonyl (C=O) groups excluding carboxylic acids is 4. The number of allylic oxidation sites excluding steroid dienone is 1. The average molecular weight is 507 g/mol. The lowest BCUT2D eigenvalue weighted by Crippen LogP contribution is -2.39. The third-order valence-electron chi connectivity index (χ3n) is 4.72. The molecule has 10 nitrogen and oxygen atoms in total. The monoisotopic (exact) mass is 506 g/mol. The summed E-state index contributed by atoms with van der Waals surface area (Å²) in [6.07, 6.45) is 3.68. The topological polar surface area (TPSA) is 124 Å². The molecule has 11 heteroatoms. The number of methoxy groups -OCH3 is 1. The maximum Gasteiger partial charge on any atom is 0.334 e. The molecule has 0 bridgehead atoms. The lowest BCUT2D eigenvalue weighted by atomic mass is 9.98. The van der Waals surface area contributed by atoms with Crippen molar-refractivity contribution in [2.24, 2.45) is 5.92 Å². The molecule has 2 atom stereocenters. The minimum Gasteiger partial charge on any atom is -0.447 e. The average Bonchev–Trinajstić information content (AvgIpc) is 2.82. The predicted molar refractivity (Wildman–Crippen MR) is 126 cm³/mol. The van der Waals surface area contributed by atoms with Gasteiger partial charge in [-0.25, -0.2) is 4.79 Å². The zero-order valence-electron chi connectivity index (χ0n) is 20.8. The van der Waals surface area contributed by atoms with Crippen LogP contribution in [0.2, 0.25) is 0 Å². The highest BCUT2D eigenvalue weighted by Crippen LogP contribution is 2.22. The quantitative estimate of drug-likeness (QED) is 0.0794. The number of carbonyl (C=O) groups is 4. The SMILES string of the molecule is C/C=C(\CCOCCOCCOC)C(=O)OC(C=O)(CC)CC(=O)OCOC(=O)C(C)CSC. The van der Waals surface area contributed by atoms with Gasteiger partial charge in [0.25, 0.3) is 0 Å². The summed E-state index contributed by atoms with van der Waals surface area (Å²) in [5.74, 6) is -1.81. The van der Waals surface area contributed by atoms with Gasteiger partial charge in [0.15, 0.2) is 11.9 Å². The minimum atomic E-state index is -1.69. The first-order valence-corrected chi connectivity index (χ1v) is 12.5. The number of ether oxygens (including phenoxy) is 6. The van der Waals surface area contributed by atoms with E-state index in [1.54, 1.807) is 34.0 Å². The van der Waals surface area contributed by atoms with Crippen molar-refractivity contribution in [3.8, 4) is 0 Å². The van der Waals surface area contributed by atoms with E-state index in [1.165, 1.54) is 11.8 Å². The molecule has 0 fully saturated rings. The Bertz CT molecular complexity index is 652. The number of rotatable bonds is 20. The van der Waals surface area contributed by atoms with Crippen LogP contribution in [0.4, 0.5) is 0 Å². The van der Waals surface area contributed by atoms with E-state index in [2.05, 4.69) is 0 Å². The Kier molecular flexibility index (Phi) is 18.3. The molecule has 0 radical (unpaired) electrons. The first kappa shape index (κ1) is 32.0. The summed E-state index contributed by atoms with van der Waals surface area (Å²) < 4.78 is 30.8. The van der Waals surface area contributed by atoms with E-state index in [-0.39, 0.29) is 25.4 Å². The molecule has 0 rings (SSSR count). The summed E-state index contributed by atoms with van der Waals surface area (Å²) >= 11 is 1.49. The standard InChI is InChI=1S/C23H38O10S/c1-6-19(8-9-29-12-13-30-11-10-28-4)22(27)33-23(7-2,16-24)14-20(25)31-17-32-21(26)18(3)15-34-5/h6,16,18H,7-15,17H2,1-5H3/b19-6+. The molecule has 0 saturated heterocycles. The van der Waals surface area contributed by atoms with E-state index in [1.807, 2.05) is 6.26 Å². The van der Waals surface area contributed by atoms with Gasteiger partial charge in [-0.1, -0.05) is 19.9 Å². The minimum absolute atomic E-state index is 0.0637. The van der Waals surface area contributed by atoms with Gasteiger partial charge in [-0.3, -0.25) is 14.4 Å². The van der Waals surface area contributed by atoms with Gasteiger partial charge in [0.1, 0.15) is 0 Å². The molecular weight excluding hydrogens is 468 g/mol. The summed E-state index contributed by atoms with van der Waals surface area (Å²) in [4.78, 5) is 48.3. The highest BCUT2D eigenvalue weighted by molar-refractivity contribution is 7.98. The van der Waals surface area contributed by atoms with Crippen LogP contribution < -0.4 is 0 Å². The lowest BCUT2D eigenvalue weighted by Gasteiger charge is -2.26. The maximum atomic E-state index is 12.6. The molecule has 0 amide bonds. The van der Waals surface area contributed by atoms with Gasteiger partial charge in [0.05, 0.1) is 45.4 Å². The first-order chi connectivity index (χ1) is 16.3. The normalized spacial score (nSPS) is 14.1. The Labute approximate surface area is 206 Å². The van der Waals surface area contributed by atoms with Gasteiger partial charge >= 0.3 is 17.9 Å². The highest BCUT2D eigenvalue weighted by atomic mass is 32.2. The predicted octanol–water partition coefficient (Wildman–Crippen LogP) is 2.33. The van der Waals surface area contributed by atoms with Crippen molar-refractivity contribution in [3.63, 3.8) is 0 Å². The van der Waals surface area contributed by atoms with Crippen LogP contribution in [-0.2, 0) is 47.6 Å². The fourth-order valence-corrected chi connectivity index (χ4v) is 3.19. The van der Waals surface area contributed by atoms with Crippen molar-refractivity contribution in [1.29, 1.82) is 0 Å². The van der Waals surface area contributed by atoms with E-state index >= 15 is 0 Å². The summed E-state index contributed by atoms with van der Waals surface area (Å²) in [6.45, 7) is 6.39. The summed E-state index contributed by atoms with van der Waals surface area (Å²) in [7, 11) is 1.59. The number of aldehydes is 1. The van der Waals surface area contributed by atoms with E-state index < -0.39 is 36.7 Å². The molecular formula is C23H38O10S. The largest absolute Gasteiger partial charge is 0.447 e. The molecule has 0 heterocycles. The fourth-order valence-electron chi connectivity index (χ4n) is 2.55. The molecule has 0 aromatic rings. The zero-order chi connectivity index (χ0) is 25.8. The Morgan fingerprint density at radius 1 is 1.03 bits per heavy atom. The second kappa shape index (κ2) is 19.4. The van der Waals surface area contributed by atoms with Crippen molar-refractivity contribution >= 4 is 36.0 Å². The van der Waals surface area contributed by atoms with Crippen LogP contribution in [0.1, 0.15) is 40.0 Å². The van der Waals surface area contributed by atoms with E-state index in [0.717, 1.165) is 0 Å². The second-order valence-electron chi connectivity index (χ2n) is 7.34. The number of thioether (sulfide) groups is 1. The lowest BCUT2D eigenvalue weighted by molar-refractivity contribution is -0.176. The van der Waals surface area contributed by atoms with Crippen LogP contribution in [0.25, 0.3) is 0 Å². The smallest absolute Gasteiger partial charge is 0.334 e. The van der Waals surface area contributed by atoms with Gasteiger partial charge in [-0.2, -0.15) is 11.8 Å². The maximum absolute atomic E-state index is 12.6. The van der Waals surface area contributed by atoms with Crippen LogP contribution in [0.5, 0.6) is 0 Å². The van der Waals surface area contributed by atoms with Crippen LogP contribution >= 0.6 is 11.8 Å². The molecule has 0 aromatic heterocycles. The van der Waals surface area contributed by atoms with Crippen LogP contribution in [-0.4, -0.2) is 88.7 Å². The van der Waals surface area contributed by atoms with E-state index in [4.69, 9.17) is 28.4 Å². The molecule has 34 heavy (non-hydrogen) atoms.